The zero-order chi connectivity index (χ0) is 13.2. The molecule has 0 saturated carbocycles. The van der Waals surface area contributed by atoms with Crippen LogP contribution >= 0.6 is 15.9 Å². The van der Waals surface area contributed by atoms with Crippen molar-refractivity contribution in [3.05, 3.63) is 28.2 Å². The van der Waals surface area contributed by atoms with Crippen molar-refractivity contribution in [2.45, 2.75) is 33.2 Å². The second kappa shape index (κ2) is 5.62. The van der Waals surface area contributed by atoms with Crippen LogP contribution in [0.25, 0.3) is 0 Å². The first-order chi connectivity index (χ1) is 8.52. The summed E-state index contributed by atoms with van der Waals surface area (Å²) < 4.78 is 1.17. The number of hydrogen-bond acceptors (Lipinski definition) is 2. The van der Waals surface area contributed by atoms with Gasteiger partial charge in [0.15, 0.2) is 0 Å². The predicted molar refractivity (Wildman–Crippen MR) is 82.1 cm³/mol. The highest BCUT2D eigenvalue weighted by molar-refractivity contribution is 9.10. The van der Waals surface area contributed by atoms with Crippen LogP contribution in [0, 0.1) is 5.41 Å². The van der Waals surface area contributed by atoms with Crippen LogP contribution in [-0.2, 0) is 6.54 Å². The molecule has 1 aliphatic rings. The molecule has 0 spiro atoms. The molecule has 1 heterocycles. The first-order valence-corrected chi connectivity index (χ1v) is 7.49. The molecule has 2 nitrogen and oxygen atoms in total. The average molecular weight is 311 g/mol. The van der Waals surface area contributed by atoms with Crippen LogP contribution in [0.4, 0.5) is 5.69 Å². The monoisotopic (exact) mass is 310 g/mol. The van der Waals surface area contributed by atoms with Crippen molar-refractivity contribution in [1.82, 2.24) is 5.32 Å². The van der Waals surface area contributed by atoms with E-state index in [1.807, 2.05) is 7.05 Å². The highest BCUT2D eigenvalue weighted by Gasteiger charge is 2.26. The molecule has 100 valence electrons. The van der Waals surface area contributed by atoms with Crippen molar-refractivity contribution in [1.29, 1.82) is 0 Å². The Kier molecular flexibility index (Phi) is 4.33. The normalized spacial score (nSPS) is 19.0. The van der Waals surface area contributed by atoms with Crippen LogP contribution < -0.4 is 10.2 Å². The lowest BCUT2D eigenvalue weighted by atomic mass is 9.82. The Morgan fingerprint density at radius 2 is 1.94 bits per heavy atom. The summed E-state index contributed by atoms with van der Waals surface area (Å²) in [6, 6.07) is 6.60. The van der Waals surface area contributed by atoms with Gasteiger partial charge < -0.3 is 10.2 Å². The fraction of sp³-hybridized carbons (Fsp3) is 0.600. The lowest BCUT2D eigenvalue weighted by Crippen LogP contribution is -2.38. The summed E-state index contributed by atoms with van der Waals surface area (Å²) in [4.78, 5) is 2.53. The van der Waals surface area contributed by atoms with E-state index in [1.54, 1.807) is 0 Å². The van der Waals surface area contributed by atoms with Gasteiger partial charge in [-0.25, -0.2) is 0 Å². The van der Waals surface area contributed by atoms with Gasteiger partial charge in [-0.2, -0.15) is 0 Å². The molecule has 1 N–H and O–H groups in total. The topological polar surface area (TPSA) is 15.3 Å². The van der Waals surface area contributed by atoms with Crippen LogP contribution in [0.1, 0.15) is 32.3 Å². The Morgan fingerprint density at radius 3 is 2.56 bits per heavy atom. The van der Waals surface area contributed by atoms with Crippen molar-refractivity contribution < 1.29 is 0 Å². The van der Waals surface area contributed by atoms with Gasteiger partial charge in [0.2, 0.25) is 0 Å². The van der Waals surface area contributed by atoms with Crippen LogP contribution in [0.15, 0.2) is 22.7 Å². The van der Waals surface area contributed by atoms with E-state index in [1.165, 1.54) is 41.7 Å². The largest absolute Gasteiger partial charge is 0.371 e. The molecule has 1 aromatic rings. The van der Waals surface area contributed by atoms with Gasteiger partial charge >= 0.3 is 0 Å². The maximum absolute atomic E-state index is 3.59. The van der Waals surface area contributed by atoms with Crippen LogP contribution in [-0.4, -0.2) is 20.1 Å². The van der Waals surface area contributed by atoms with E-state index in [0.717, 1.165) is 6.54 Å². The molecule has 0 radical (unpaired) electrons. The van der Waals surface area contributed by atoms with Crippen molar-refractivity contribution in [3.63, 3.8) is 0 Å². The molecule has 18 heavy (non-hydrogen) atoms. The Hall–Kier alpha value is -0.540. The number of hydrogen-bond donors (Lipinski definition) is 1. The molecule has 3 heteroatoms. The molecule has 0 aromatic heterocycles. The van der Waals surface area contributed by atoms with E-state index in [0.29, 0.717) is 5.41 Å². The highest BCUT2D eigenvalue weighted by atomic mass is 79.9. The van der Waals surface area contributed by atoms with Crippen molar-refractivity contribution in [2.75, 3.05) is 25.0 Å². The zero-order valence-corrected chi connectivity index (χ0v) is 13.2. The van der Waals surface area contributed by atoms with Crippen molar-refractivity contribution in [3.8, 4) is 0 Å². The summed E-state index contributed by atoms with van der Waals surface area (Å²) >= 11 is 3.59. The Bertz CT molecular complexity index is 405. The quantitative estimate of drug-likeness (QED) is 0.913. The molecule has 0 atom stereocenters. The minimum Gasteiger partial charge on any atom is -0.371 e. The minimum atomic E-state index is 0.506. The number of rotatable bonds is 3. The smallest absolute Gasteiger partial charge is 0.0423 e. The summed E-state index contributed by atoms with van der Waals surface area (Å²) in [5, 5.41) is 3.26. The average Bonchev–Trinajstić information content (AvgIpc) is 2.32. The molecule has 0 aliphatic carbocycles. The second-order valence-electron chi connectivity index (χ2n) is 5.95. The summed E-state index contributed by atoms with van der Waals surface area (Å²) in [5.74, 6) is 0. The number of piperidine rings is 1. The molecule has 0 bridgehead atoms. The molecule has 1 aliphatic heterocycles. The van der Waals surface area contributed by atoms with Gasteiger partial charge in [0.25, 0.3) is 0 Å². The van der Waals surface area contributed by atoms with E-state index in [4.69, 9.17) is 0 Å². The van der Waals surface area contributed by atoms with E-state index < -0.39 is 0 Å². The van der Waals surface area contributed by atoms with Gasteiger partial charge in [-0.3, -0.25) is 0 Å². The lowest BCUT2D eigenvalue weighted by Gasteiger charge is -2.39. The van der Waals surface area contributed by atoms with Crippen LogP contribution in [0.3, 0.4) is 0 Å². The third kappa shape index (κ3) is 3.27. The third-order valence-electron chi connectivity index (χ3n) is 3.87. The Morgan fingerprint density at radius 1 is 1.28 bits per heavy atom. The first-order valence-electron chi connectivity index (χ1n) is 6.70. The molecule has 1 aromatic carbocycles. The van der Waals surface area contributed by atoms with Gasteiger partial charge in [-0.05, 0) is 43.0 Å². The van der Waals surface area contributed by atoms with E-state index in [9.17, 15) is 0 Å². The van der Waals surface area contributed by atoms with Crippen LogP contribution in [0.5, 0.6) is 0 Å². The summed E-state index contributed by atoms with van der Waals surface area (Å²) in [6.45, 7) is 8.02. The third-order valence-corrected chi connectivity index (χ3v) is 4.37. The Balaban J connectivity index is 2.19. The van der Waals surface area contributed by atoms with Gasteiger partial charge in [0.05, 0.1) is 0 Å². The zero-order valence-electron chi connectivity index (χ0n) is 11.6. The molecule has 2 rings (SSSR count). The molecular weight excluding hydrogens is 288 g/mol. The fourth-order valence-corrected chi connectivity index (χ4v) is 2.87. The highest BCUT2D eigenvalue weighted by Crippen LogP contribution is 2.34. The van der Waals surface area contributed by atoms with Crippen molar-refractivity contribution in [2.24, 2.45) is 5.41 Å². The standard InChI is InChI=1S/C15H23BrN2/c1-15(2)6-8-18(9-7-15)14-10-13(16)5-4-12(14)11-17-3/h4-5,10,17H,6-9,11H2,1-3H3. The number of nitrogens with zero attached hydrogens (tertiary/aromatic N) is 1. The molecule has 0 unspecified atom stereocenters. The van der Waals surface area contributed by atoms with Gasteiger partial charge in [0.1, 0.15) is 0 Å². The summed E-state index contributed by atoms with van der Waals surface area (Å²) in [5.41, 5.74) is 3.28. The molecule has 1 fully saturated rings. The first kappa shape index (κ1) is 13.9. The van der Waals surface area contributed by atoms with Crippen LogP contribution in [0.2, 0.25) is 0 Å². The van der Waals surface area contributed by atoms with E-state index in [2.05, 4.69) is 58.2 Å². The lowest BCUT2D eigenvalue weighted by molar-refractivity contribution is 0.279. The number of halogens is 1. The molecule has 1 saturated heterocycles. The number of nitrogens with one attached hydrogen (secondary N) is 1. The van der Waals surface area contributed by atoms with Gasteiger partial charge in [-0.1, -0.05) is 35.8 Å². The SMILES string of the molecule is CNCc1ccc(Br)cc1N1CCC(C)(C)CC1. The van der Waals surface area contributed by atoms with Gasteiger partial charge in [-0.15, -0.1) is 0 Å². The summed E-state index contributed by atoms with van der Waals surface area (Å²) in [7, 11) is 2.01. The second-order valence-corrected chi connectivity index (χ2v) is 6.87. The predicted octanol–water partition coefficient (Wildman–Crippen LogP) is 3.79. The van der Waals surface area contributed by atoms with E-state index in [-0.39, 0.29) is 0 Å². The minimum absolute atomic E-state index is 0.506. The molecular formula is C15H23BrN2. The fourth-order valence-electron chi connectivity index (χ4n) is 2.52. The molecule has 0 amide bonds. The van der Waals surface area contributed by atoms with E-state index >= 15 is 0 Å². The summed E-state index contributed by atoms with van der Waals surface area (Å²) in [6.07, 6.45) is 2.55. The van der Waals surface area contributed by atoms with Crippen molar-refractivity contribution >= 4 is 21.6 Å². The van der Waals surface area contributed by atoms with Gasteiger partial charge in [0, 0.05) is 29.8 Å². The number of anilines is 1. The Labute approximate surface area is 119 Å². The number of benzene rings is 1. The maximum Gasteiger partial charge on any atom is 0.0423 e. The maximum atomic E-state index is 3.59.